The topological polar surface area (TPSA) is 68.5 Å². The molecule has 0 bridgehead atoms. The smallest absolute Gasteiger partial charge is 0.311 e. The molecule has 0 radical (unpaired) electrons. The minimum Gasteiger partial charge on any atom is -0.495 e. The number of carboxylic acid groups (broad SMARTS) is 1. The molecule has 0 aliphatic rings. The van der Waals surface area contributed by atoms with Gasteiger partial charge in [0.25, 0.3) is 5.91 Å². The summed E-state index contributed by atoms with van der Waals surface area (Å²) in [6, 6.07) is 21.7. The number of aromatic nitrogens is 1. The van der Waals surface area contributed by atoms with Crippen LogP contribution in [0.25, 0.3) is 10.9 Å². The van der Waals surface area contributed by atoms with Crippen molar-refractivity contribution < 1.29 is 19.4 Å². The summed E-state index contributed by atoms with van der Waals surface area (Å²) in [5, 5.41) is 11.0. The van der Waals surface area contributed by atoms with Crippen molar-refractivity contribution in [2.24, 2.45) is 0 Å². The van der Waals surface area contributed by atoms with Crippen molar-refractivity contribution >= 4 is 34.4 Å². The zero-order chi connectivity index (χ0) is 22.8. The Bertz CT molecular complexity index is 1300. The van der Waals surface area contributed by atoms with Gasteiger partial charge in [-0.1, -0.05) is 60.1 Å². The maximum absolute atomic E-state index is 13.5. The van der Waals surface area contributed by atoms with E-state index in [2.05, 4.69) is 0 Å². The number of nitrogens with zero attached hydrogens (tertiary/aromatic N) is 1. The highest BCUT2D eigenvalue weighted by Gasteiger charge is 2.31. The number of carbonyl (C=O) groups is 2. The molecule has 0 spiro atoms. The first-order valence-electron chi connectivity index (χ1n) is 10.2. The molecule has 0 saturated heterocycles. The third-order valence-electron chi connectivity index (χ3n) is 5.69. The van der Waals surface area contributed by atoms with Crippen LogP contribution in [0.15, 0.2) is 72.8 Å². The third-order valence-corrected chi connectivity index (χ3v) is 6.07. The third kappa shape index (κ3) is 3.76. The average molecular weight is 448 g/mol. The number of aliphatic carboxylic acids is 1. The van der Waals surface area contributed by atoms with Gasteiger partial charge < -0.3 is 9.84 Å². The van der Waals surface area contributed by atoms with Gasteiger partial charge in [-0.15, -0.1) is 0 Å². The van der Waals surface area contributed by atoms with Crippen LogP contribution in [0.4, 0.5) is 0 Å². The summed E-state index contributed by atoms with van der Waals surface area (Å²) in [5.74, 6) is -1.70. The summed E-state index contributed by atoms with van der Waals surface area (Å²) in [4.78, 5) is 25.9. The van der Waals surface area contributed by atoms with Gasteiger partial charge in [0.1, 0.15) is 5.75 Å². The Morgan fingerprint density at radius 3 is 2.22 bits per heavy atom. The average Bonchev–Trinajstić information content (AvgIpc) is 3.10. The number of carbonyl (C=O) groups excluding carboxylic acids is 1. The number of fused-ring (bicyclic) bond motifs is 1. The molecule has 32 heavy (non-hydrogen) atoms. The van der Waals surface area contributed by atoms with Crippen molar-refractivity contribution in [2.45, 2.75) is 19.3 Å². The maximum atomic E-state index is 13.5. The van der Waals surface area contributed by atoms with E-state index in [1.54, 1.807) is 47.9 Å². The summed E-state index contributed by atoms with van der Waals surface area (Å²) in [5.41, 5.74) is 3.00. The second kappa shape index (κ2) is 8.89. The molecule has 1 heterocycles. The van der Waals surface area contributed by atoms with Crippen molar-refractivity contribution in [3.8, 4) is 5.75 Å². The molecule has 0 amide bonds. The van der Waals surface area contributed by atoms with Crippen LogP contribution >= 0.6 is 11.6 Å². The van der Waals surface area contributed by atoms with Gasteiger partial charge >= 0.3 is 5.97 Å². The lowest BCUT2D eigenvalue weighted by molar-refractivity contribution is -0.138. The molecule has 4 rings (SSSR count). The summed E-state index contributed by atoms with van der Waals surface area (Å²) in [6.07, 6.45) is 0.267. The molecule has 3 aromatic carbocycles. The van der Waals surface area contributed by atoms with Gasteiger partial charge in [0, 0.05) is 16.6 Å². The first-order valence-corrected chi connectivity index (χ1v) is 10.6. The van der Waals surface area contributed by atoms with Crippen molar-refractivity contribution in [1.82, 2.24) is 4.57 Å². The highest BCUT2D eigenvalue weighted by atomic mass is 35.5. The van der Waals surface area contributed by atoms with Crippen LogP contribution in [0.3, 0.4) is 0 Å². The quantitative estimate of drug-likeness (QED) is 0.411. The molecular weight excluding hydrogens is 426 g/mol. The number of hydrogen-bond acceptors (Lipinski definition) is 3. The number of carboxylic acids is 1. The molecule has 1 atom stereocenters. The van der Waals surface area contributed by atoms with E-state index in [0.29, 0.717) is 38.5 Å². The Kier molecular flexibility index (Phi) is 6.01. The molecular formula is C26H22ClNO4. The number of rotatable bonds is 6. The molecule has 6 heteroatoms. The van der Waals surface area contributed by atoms with E-state index in [-0.39, 0.29) is 12.3 Å². The van der Waals surface area contributed by atoms with Gasteiger partial charge in [-0.25, -0.2) is 0 Å². The van der Waals surface area contributed by atoms with Crippen LogP contribution in [-0.2, 0) is 11.2 Å². The largest absolute Gasteiger partial charge is 0.495 e. The van der Waals surface area contributed by atoms with E-state index in [1.165, 1.54) is 7.11 Å². The molecule has 4 aromatic rings. The van der Waals surface area contributed by atoms with E-state index in [4.69, 9.17) is 16.3 Å². The molecule has 0 saturated carbocycles. The predicted molar refractivity (Wildman–Crippen MR) is 125 cm³/mol. The zero-order valence-corrected chi connectivity index (χ0v) is 18.5. The lowest BCUT2D eigenvalue weighted by Gasteiger charge is -2.15. The fourth-order valence-electron chi connectivity index (χ4n) is 4.19. The summed E-state index contributed by atoms with van der Waals surface area (Å²) in [7, 11) is 1.50. The number of hydrogen-bond donors (Lipinski definition) is 1. The van der Waals surface area contributed by atoms with Gasteiger partial charge in [0.2, 0.25) is 0 Å². The maximum Gasteiger partial charge on any atom is 0.311 e. The molecule has 0 fully saturated rings. The van der Waals surface area contributed by atoms with Crippen LogP contribution in [-0.4, -0.2) is 28.7 Å². The van der Waals surface area contributed by atoms with E-state index >= 15 is 0 Å². The Morgan fingerprint density at radius 1 is 1.00 bits per heavy atom. The van der Waals surface area contributed by atoms with Crippen LogP contribution in [0.5, 0.6) is 5.75 Å². The van der Waals surface area contributed by atoms with Gasteiger partial charge in [-0.05, 0) is 48.7 Å². The number of benzene rings is 3. The van der Waals surface area contributed by atoms with Crippen LogP contribution in [0.2, 0.25) is 5.02 Å². The molecule has 0 aliphatic carbocycles. The van der Waals surface area contributed by atoms with Crippen molar-refractivity contribution in [3.05, 3.63) is 100 Å². The predicted octanol–water partition coefficient (Wildman–Crippen LogP) is 5.71. The summed E-state index contributed by atoms with van der Waals surface area (Å²) < 4.78 is 6.94. The second-order valence-electron chi connectivity index (χ2n) is 7.56. The summed E-state index contributed by atoms with van der Waals surface area (Å²) in [6.45, 7) is 1.76. The standard InChI is InChI=1S/C26H22ClNO4/c1-16-22(19(26(30)31)15-17-9-5-3-6-10-17)23-20(13-14-21(32-2)24(23)27)28(16)25(29)18-11-7-4-8-12-18/h3-14,19H,15H2,1-2H3,(H,30,31). The molecule has 0 aliphatic heterocycles. The first kappa shape index (κ1) is 21.7. The van der Waals surface area contributed by atoms with Crippen LogP contribution < -0.4 is 4.74 Å². The fourth-order valence-corrected chi connectivity index (χ4v) is 4.53. The normalized spacial score (nSPS) is 12.0. The Labute approximate surface area is 190 Å². The van der Waals surface area contributed by atoms with E-state index in [0.717, 1.165) is 5.56 Å². The number of halogens is 1. The Morgan fingerprint density at radius 2 is 1.62 bits per heavy atom. The molecule has 1 unspecified atom stereocenters. The Hall–Kier alpha value is -3.57. The van der Waals surface area contributed by atoms with Crippen molar-refractivity contribution in [2.75, 3.05) is 7.11 Å². The highest BCUT2D eigenvalue weighted by molar-refractivity contribution is 6.37. The molecule has 5 nitrogen and oxygen atoms in total. The molecule has 1 aromatic heterocycles. The van der Waals surface area contributed by atoms with E-state index in [9.17, 15) is 14.7 Å². The Balaban J connectivity index is 1.99. The second-order valence-corrected chi connectivity index (χ2v) is 7.94. The van der Waals surface area contributed by atoms with Crippen LogP contribution in [0, 0.1) is 6.92 Å². The van der Waals surface area contributed by atoms with Gasteiger partial charge in [-0.3, -0.25) is 14.2 Å². The molecule has 1 N–H and O–H groups in total. The lowest BCUT2D eigenvalue weighted by Crippen LogP contribution is -2.18. The lowest BCUT2D eigenvalue weighted by atomic mass is 9.90. The fraction of sp³-hybridized carbons (Fsp3) is 0.154. The summed E-state index contributed by atoms with van der Waals surface area (Å²) >= 11 is 6.69. The van der Waals surface area contributed by atoms with E-state index < -0.39 is 11.9 Å². The van der Waals surface area contributed by atoms with Gasteiger partial charge in [0.05, 0.1) is 23.6 Å². The monoisotopic (exact) mass is 447 g/mol. The molecule has 162 valence electrons. The number of ether oxygens (including phenoxy) is 1. The first-order chi connectivity index (χ1) is 15.4. The van der Waals surface area contributed by atoms with Crippen molar-refractivity contribution in [3.63, 3.8) is 0 Å². The van der Waals surface area contributed by atoms with E-state index in [1.807, 2.05) is 36.4 Å². The number of methoxy groups -OCH3 is 1. The minimum absolute atomic E-state index is 0.246. The SMILES string of the molecule is COc1ccc2c(c1Cl)c(C(Cc1ccccc1)C(=O)O)c(C)n2C(=O)c1ccccc1. The van der Waals surface area contributed by atoms with Crippen LogP contribution in [0.1, 0.15) is 33.1 Å². The van der Waals surface area contributed by atoms with Gasteiger partial charge in [-0.2, -0.15) is 0 Å². The highest BCUT2D eigenvalue weighted by Crippen LogP contribution is 2.42. The zero-order valence-electron chi connectivity index (χ0n) is 17.7. The van der Waals surface area contributed by atoms with Gasteiger partial charge in [0.15, 0.2) is 0 Å². The minimum atomic E-state index is -0.984. The van der Waals surface area contributed by atoms with Crippen molar-refractivity contribution in [1.29, 1.82) is 0 Å².